The molecule has 2 N–H and O–H groups in total. The summed E-state index contributed by atoms with van der Waals surface area (Å²) < 4.78 is 0. The van der Waals surface area contributed by atoms with Gasteiger partial charge in [0.1, 0.15) is 0 Å². The highest BCUT2D eigenvalue weighted by Crippen LogP contribution is 2.09. The van der Waals surface area contributed by atoms with E-state index in [9.17, 15) is 5.11 Å². The van der Waals surface area contributed by atoms with Crippen LogP contribution in [0.2, 0.25) is 0 Å². The maximum Gasteiger partial charge on any atom is 0.0897 e. The van der Waals surface area contributed by atoms with Crippen LogP contribution >= 0.6 is 11.3 Å². The largest absolute Gasteiger partial charge is 0.390 e. The zero-order valence-electron chi connectivity index (χ0n) is 9.53. The van der Waals surface area contributed by atoms with Gasteiger partial charge in [-0.25, -0.2) is 4.98 Å². The first kappa shape index (κ1) is 12.6. The van der Waals surface area contributed by atoms with E-state index in [2.05, 4.69) is 20.6 Å². The molecule has 0 fully saturated rings. The molecule has 1 rings (SSSR count). The summed E-state index contributed by atoms with van der Waals surface area (Å²) >= 11 is 1.66. The molecule has 0 spiro atoms. The molecule has 1 aromatic heterocycles. The Balaban J connectivity index is 2.32. The van der Waals surface area contributed by atoms with E-state index in [1.54, 1.807) is 11.3 Å². The fourth-order valence-corrected chi connectivity index (χ4v) is 2.09. The van der Waals surface area contributed by atoms with E-state index in [4.69, 9.17) is 0 Å². The van der Waals surface area contributed by atoms with Crippen LogP contribution in [-0.2, 0) is 6.54 Å². The van der Waals surface area contributed by atoms with Crippen molar-refractivity contribution in [2.24, 2.45) is 0 Å². The monoisotopic (exact) mass is 229 g/mol. The van der Waals surface area contributed by atoms with Crippen LogP contribution in [0.1, 0.15) is 10.7 Å². The molecule has 15 heavy (non-hydrogen) atoms. The van der Waals surface area contributed by atoms with Crippen LogP contribution in [0.3, 0.4) is 0 Å². The van der Waals surface area contributed by atoms with Crippen LogP contribution in [0.4, 0.5) is 0 Å². The Bertz CT molecular complexity index is 290. The van der Waals surface area contributed by atoms with Gasteiger partial charge < -0.3 is 10.4 Å². The first-order valence-electron chi connectivity index (χ1n) is 5.04. The zero-order valence-corrected chi connectivity index (χ0v) is 10.3. The second-order valence-corrected chi connectivity index (χ2v) is 4.83. The quantitative estimate of drug-likeness (QED) is 0.744. The third-order valence-electron chi connectivity index (χ3n) is 2.06. The smallest absolute Gasteiger partial charge is 0.0897 e. The lowest BCUT2D eigenvalue weighted by Gasteiger charge is -2.19. The number of nitrogens with one attached hydrogen (secondary N) is 1. The molecule has 1 unspecified atom stereocenters. The Kier molecular flexibility index (Phi) is 5.17. The minimum absolute atomic E-state index is 0.320. The number of rotatable bonds is 6. The molecule has 5 heteroatoms. The molecule has 0 bridgehead atoms. The molecule has 1 heterocycles. The zero-order chi connectivity index (χ0) is 11.3. The molecule has 0 aliphatic heterocycles. The number of nitrogens with zero attached hydrogens (tertiary/aromatic N) is 2. The summed E-state index contributed by atoms with van der Waals surface area (Å²) in [5.41, 5.74) is 1.08. The number of likely N-dealkylation sites (N-methyl/N-ethyl adjacent to an activating group) is 2. The number of aryl methyl sites for hydroxylation is 1. The highest BCUT2D eigenvalue weighted by atomic mass is 32.1. The lowest BCUT2D eigenvalue weighted by Crippen LogP contribution is -2.35. The van der Waals surface area contributed by atoms with Crippen molar-refractivity contribution >= 4 is 11.3 Å². The van der Waals surface area contributed by atoms with Gasteiger partial charge in [-0.15, -0.1) is 11.3 Å². The van der Waals surface area contributed by atoms with E-state index >= 15 is 0 Å². The predicted molar refractivity (Wildman–Crippen MR) is 63.1 cm³/mol. The fraction of sp³-hybridized carbons (Fsp3) is 0.700. The lowest BCUT2D eigenvalue weighted by atomic mass is 10.3. The summed E-state index contributed by atoms with van der Waals surface area (Å²) in [6.45, 7) is 4.09. The van der Waals surface area contributed by atoms with E-state index in [0.717, 1.165) is 17.2 Å². The normalized spacial score (nSPS) is 13.4. The predicted octanol–water partition coefficient (Wildman–Crippen LogP) is 0.464. The van der Waals surface area contributed by atoms with Gasteiger partial charge in [0.25, 0.3) is 0 Å². The Labute approximate surface area is 94.9 Å². The number of hydrogen-bond acceptors (Lipinski definition) is 5. The van der Waals surface area contributed by atoms with Gasteiger partial charge in [-0.3, -0.25) is 4.90 Å². The van der Waals surface area contributed by atoms with E-state index < -0.39 is 0 Å². The van der Waals surface area contributed by atoms with Crippen LogP contribution in [0.15, 0.2) is 5.38 Å². The van der Waals surface area contributed by atoms with E-state index in [1.807, 2.05) is 21.0 Å². The van der Waals surface area contributed by atoms with Crippen molar-refractivity contribution in [3.8, 4) is 0 Å². The molecule has 0 saturated heterocycles. The van der Waals surface area contributed by atoms with E-state index in [-0.39, 0.29) is 6.10 Å². The number of aliphatic hydroxyl groups excluding tert-OH is 1. The van der Waals surface area contributed by atoms with Crippen LogP contribution < -0.4 is 5.32 Å². The van der Waals surface area contributed by atoms with Crippen molar-refractivity contribution in [2.45, 2.75) is 19.6 Å². The summed E-state index contributed by atoms with van der Waals surface area (Å²) in [4.78, 5) is 6.46. The molecular weight excluding hydrogens is 210 g/mol. The number of hydrogen-bond donors (Lipinski definition) is 2. The molecule has 0 radical (unpaired) electrons. The average molecular weight is 229 g/mol. The summed E-state index contributed by atoms with van der Waals surface area (Å²) in [6, 6.07) is 0. The van der Waals surface area contributed by atoms with Gasteiger partial charge in [-0.1, -0.05) is 0 Å². The highest BCUT2D eigenvalue weighted by molar-refractivity contribution is 7.09. The highest BCUT2D eigenvalue weighted by Gasteiger charge is 2.08. The van der Waals surface area contributed by atoms with E-state index in [0.29, 0.717) is 13.1 Å². The lowest BCUT2D eigenvalue weighted by molar-refractivity contribution is 0.123. The molecule has 0 saturated carbocycles. The van der Waals surface area contributed by atoms with Crippen LogP contribution in [0.5, 0.6) is 0 Å². The SMILES string of the molecule is CNCC(O)CN(C)Cc1csc(C)n1. The third kappa shape index (κ3) is 4.70. The Morgan fingerprint density at radius 2 is 2.40 bits per heavy atom. The Hall–Kier alpha value is -0.490. The molecule has 0 aromatic carbocycles. The molecular formula is C10H19N3OS. The summed E-state index contributed by atoms with van der Waals surface area (Å²) in [5.74, 6) is 0. The number of aliphatic hydroxyl groups is 1. The topological polar surface area (TPSA) is 48.4 Å². The van der Waals surface area contributed by atoms with Gasteiger partial charge >= 0.3 is 0 Å². The molecule has 0 amide bonds. The molecule has 4 nitrogen and oxygen atoms in total. The first-order valence-corrected chi connectivity index (χ1v) is 5.92. The first-order chi connectivity index (χ1) is 7.11. The molecule has 1 atom stereocenters. The minimum Gasteiger partial charge on any atom is -0.390 e. The molecule has 1 aromatic rings. The van der Waals surface area contributed by atoms with Gasteiger partial charge in [0.05, 0.1) is 16.8 Å². The van der Waals surface area contributed by atoms with Crippen molar-refractivity contribution in [1.29, 1.82) is 0 Å². The summed E-state index contributed by atoms with van der Waals surface area (Å²) in [6.07, 6.45) is -0.320. The molecule has 86 valence electrons. The standard InChI is InChI=1S/C10H19N3OS/c1-8-12-9(7-15-8)5-13(3)6-10(14)4-11-2/h7,10-11,14H,4-6H2,1-3H3. The van der Waals surface area contributed by atoms with E-state index in [1.165, 1.54) is 0 Å². The van der Waals surface area contributed by atoms with Gasteiger partial charge in [0, 0.05) is 25.0 Å². The van der Waals surface area contributed by atoms with Gasteiger partial charge in [-0.05, 0) is 21.0 Å². The second kappa shape index (κ2) is 6.17. The van der Waals surface area contributed by atoms with Crippen molar-refractivity contribution in [1.82, 2.24) is 15.2 Å². The van der Waals surface area contributed by atoms with Crippen LogP contribution in [0, 0.1) is 6.92 Å². The van der Waals surface area contributed by atoms with Crippen molar-refractivity contribution in [2.75, 3.05) is 27.2 Å². The van der Waals surface area contributed by atoms with Gasteiger partial charge in [0.15, 0.2) is 0 Å². The fourth-order valence-electron chi connectivity index (χ4n) is 1.48. The maximum absolute atomic E-state index is 9.58. The van der Waals surface area contributed by atoms with Crippen molar-refractivity contribution < 1.29 is 5.11 Å². The van der Waals surface area contributed by atoms with Crippen LogP contribution in [-0.4, -0.2) is 48.3 Å². The summed E-state index contributed by atoms with van der Waals surface area (Å²) in [5, 5.41) is 15.7. The van der Waals surface area contributed by atoms with Crippen LogP contribution in [0.25, 0.3) is 0 Å². The maximum atomic E-state index is 9.58. The second-order valence-electron chi connectivity index (χ2n) is 3.77. The minimum atomic E-state index is -0.320. The van der Waals surface area contributed by atoms with Crippen molar-refractivity contribution in [3.05, 3.63) is 16.1 Å². The number of aromatic nitrogens is 1. The molecule has 0 aliphatic rings. The summed E-state index contributed by atoms with van der Waals surface area (Å²) in [7, 11) is 3.83. The van der Waals surface area contributed by atoms with Gasteiger partial charge in [-0.2, -0.15) is 0 Å². The molecule has 0 aliphatic carbocycles. The Morgan fingerprint density at radius 1 is 1.67 bits per heavy atom. The number of thiazole rings is 1. The van der Waals surface area contributed by atoms with Gasteiger partial charge in [0.2, 0.25) is 0 Å². The average Bonchev–Trinajstić information content (AvgIpc) is 2.51. The van der Waals surface area contributed by atoms with Crippen molar-refractivity contribution in [3.63, 3.8) is 0 Å². The third-order valence-corrected chi connectivity index (χ3v) is 2.88. The Morgan fingerprint density at radius 3 is 2.93 bits per heavy atom.